The van der Waals surface area contributed by atoms with Crippen molar-refractivity contribution in [3.63, 3.8) is 0 Å². The molecule has 0 aliphatic heterocycles. The van der Waals surface area contributed by atoms with Gasteiger partial charge in [0.25, 0.3) is 5.91 Å². The van der Waals surface area contributed by atoms with E-state index in [2.05, 4.69) is 15.6 Å². The van der Waals surface area contributed by atoms with Crippen LogP contribution in [-0.4, -0.2) is 32.1 Å². The molecule has 1 heterocycles. The van der Waals surface area contributed by atoms with Gasteiger partial charge in [0.05, 0.1) is 18.5 Å². The highest BCUT2D eigenvalue weighted by atomic mass is 16.3. The number of amides is 1. The minimum atomic E-state index is -0.361. The first kappa shape index (κ1) is 18.2. The number of hydrogen-bond donors (Lipinski definition) is 3. The number of aromatic hydroxyl groups is 2. The van der Waals surface area contributed by atoms with Crippen LogP contribution >= 0.6 is 0 Å². The zero-order valence-corrected chi connectivity index (χ0v) is 15.0. The van der Waals surface area contributed by atoms with Crippen molar-refractivity contribution < 1.29 is 15.0 Å². The predicted octanol–water partition coefficient (Wildman–Crippen LogP) is 2.72. The predicted molar refractivity (Wildman–Crippen MR) is 102 cm³/mol. The number of phenols is 2. The van der Waals surface area contributed by atoms with E-state index in [1.54, 1.807) is 12.1 Å². The lowest BCUT2D eigenvalue weighted by molar-refractivity contribution is 0.0955. The molecular weight excluding hydrogens is 344 g/mol. The molecular formula is C20H20N4O3. The van der Waals surface area contributed by atoms with Crippen LogP contribution < -0.4 is 5.43 Å². The summed E-state index contributed by atoms with van der Waals surface area (Å²) in [4.78, 5) is 12.3. The van der Waals surface area contributed by atoms with Gasteiger partial charge in [0.15, 0.2) is 0 Å². The van der Waals surface area contributed by atoms with Gasteiger partial charge in [-0.3, -0.25) is 9.48 Å². The summed E-state index contributed by atoms with van der Waals surface area (Å²) in [7, 11) is 0. The van der Waals surface area contributed by atoms with Crippen LogP contribution in [0.25, 0.3) is 0 Å². The van der Waals surface area contributed by atoms with Crippen LogP contribution in [0.2, 0.25) is 0 Å². The van der Waals surface area contributed by atoms with Gasteiger partial charge in [0.2, 0.25) is 0 Å². The molecule has 0 spiro atoms. The first-order chi connectivity index (χ1) is 12.9. The van der Waals surface area contributed by atoms with Crippen molar-refractivity contribution >= 4 is 12.1 Å². The summed E-state index contributed by atoms with van der Waals surface area (Å²) in [5.74, 6) is -0.535. The van der Waals surface area contributed by atoms with Gasteiger partial charge in [-0.1, -0.05) is 12.1 Å². The van der Waals surface area contributed by atoms with Crippen molar-refractivity contribution in [1.29, 1.82) is 0 Å². The van der Waals surface area contributed by atoms with Crippen molar-refractivity contribution in [1.82, 2.24) is 15.2 Å². The van der Waals surface area contributed by atoms with Crippen LogP contribution in [0.15, 0.2) is 53.6 Å². The van der Waals surface area contributed by atoms with E-state index in [1.165, 1.54) is 24.4 Å². The van der Waals surface area contributed by atoms with E-state index >= 15 is 0 Å². The Morgan fingerprint density at radius 2 is 2.00 bits per heavy atom. The fraction of sp³-hybridized carbons (Fsp3) is 0.150. The Morgan fingerprint density at radius 3 is 2.70 bits per heavy atom. The van der Waals surface area contributed by atoms with Gasteiger partial charge in [-0.25, -0.2) is 5.43 Å². The Labute approximate surface area is 156 Å². The van der Waals surface area contributed by atoms with Crippen molar-refractivity contribution in [2.24, 2.45) is 5.10 Å². The number of aromatic nitrogens is 2. The highest BCUT2D eigenvalue weighted by molar-refractivity contribution is 5.95. The second-order valence-electron chi connectivity index (χ2n) is 6.23. The van der Waals surface area contributed by atoms with E-state index in [9.17, 15) is 15.0 Å². The molecule has 0 unspecified atom stereocenters. The van der Waals surface area contributed by atoms with E-state index in [1.807, 2.05) is 36.7 Å². The second-order valence-corrected chi connectivity index (χ2v) is 6.23. The molecule has 1 amide bonds. The Morgan fingerprint density at radius 1 is 1.19 bits per heavy atom. The van der Waals surface area contributed by atoms with Gasteiger partial charge >= 0.3 is 0 Å². The monoisotopic (exact) mass is 364 g/mol. The number of nitrogens with one attached hydrogen (secondary N) is 1. The van der Waals surface area contributed by atoms with Crippen LogP contribution in [0.4, 0.5) is 0 Å². The van der Waals surface area contributed by atoms with Crippen molar-refractivity contribution in [3.05, 3.63) is 76.6 Å². The van der Waals surface area contributed by atoms with E-state index < -0.39 is 0 Å². The van der Waals surface area contributed by atoms with Gasteiger partial charge in [-0.2, -0.15) is 10.2 Å². The molecule has 0 fully saturated rings. The summed E-state index contributed by atoms with van der Waals surface area (Å²) in [5, 5.41) is 27.3. The average molecular weight is 364 g/mol. The molecule has 0 aliphatic carbocycles. The largest absolute Gasteiger partial charge is 0.508 e. The van der Waals surface area contributed by atoms with Crippen LogP contribution in [0.3, 0.4) is 0 Å². The third kappa shape index (κ3) is 4.52. The molecule has 1 aromatic heterocycles. The first-order valence-electron chi connectivity index (χ1n) is 8.38. The zero-order valence-electron chi connectivity index (χ0n) is 15.0. The number of phenolic OH excluding ortho intramolecular Hbond substituents is 2. The lowest BCUT2D eigenvalue weighted by Gasteiger charge is -2.07. The maximum atomic E-state index is 12.3. The number of hydrogen-bond acceptors (Lipinski definition) is 5. The molecule has 0 saturated heterocycles. The van der Waals surface area contributed by atoms with E-state index in [-0.39, 0.29) is 17.4 Å². The van der Waals surface area contributed by atoms with E-state index in [4.69, 9.17) is 0 Å². The van der Waals surface area contributed by atoms with Crippen molar-refractivity contribution in [2.75, 3.05) is 0 Å². The minimum absolute atomic E-state index is 0.0480. The zero-order chi connectivity index (χ0) is 19.4. The van der Waals surface area contributed by atoms with E-state index in [0.717, 1.165) is 17.0 Å². The number of benzene rings is 2. The third-order valence-electron chi connectivity index (χ3n) is 4.01. The molecule has 7 heteroatoms. The average Bonchev–Trinajstić information content (AvgIpc) is 2.94. The number of hydrazone groups is 1. The highest BCUT2D eigenvalue weighted by Crippen LogP contribution is 2.20. The molecule has 0 atom stereocenters. The van der Waals surface area contributed by atoms with Crippen molar-refractivity contribution in [2.45, 2.75) is 20.4 Å². The lowest BCUT2D eigenvalue weighted by atomic mass is 10.1. The first-order valence-corrected chi connectivity index (χ1v) is 8.38. The van der Waals surface area contributed by atoms with Gasteiger partial charge in [0.1, 0.15) is 11.5 Å². The molecule has 7 nitrogen and oxygen atoms in total. The molecule has 0 aliphatic rings. The fourth-order valence-electron chi connectivity index (χ4n) is 2.69. The summed E-state index contributed by atoms with van der Waals surface area (Å²) < 4.78 is 1.89. The van der Waals surface area contributed by atoms with Gasteiger partial charge in [-0.05, 0) is 49.7 Å². The Bertz CT molecular complexity index is 1010. The minimum Gasteiger partial charge on any atom is -0.508 e. The lowest BCUT2D eigenvalue weighted by Crippen LogP contribution is -2.18. The summed E-state index contributed by atoms with van der Waals surface area (Å²) >= 11 is 0. The maximum absolute atomic E-state index is 12.3. The third-order valence-corrected chi connectivity index (χ3v) is 4.01. The smallest absolute Gasteiger partial charge is 0.271 e. The summed E-state index contributed by atoms with van der Waals surface area (Å²) in [6.07, 6.45) is 1.31. The molecule has 27 heavy (non-hydrogen) atoms. The number of aryl methyl sites for hydroxylation is 2. The molecule has 3 N–H and O–H groups in total. The topological polar surface area (TPSA) is 99.7 Å². The molecule has 2 aromatic carbocycles. The Kier molecular flexibility index (Phi) is 5.21. The normalized spacial score (nSPS) is 11.0. The van der Waals surface area contributed by atoms with Crippen molar-refractivity contribution in [3.8, 4) is 11.5 Å². The number of nitrogens with zero attached hydrogens (tertiary/aromatic N) is 3. The number of carbonyl (C=O) groups is 1. The summed E-state index contributed by atoms with van der Waals surface area (Å²) in [6, 6.07) is 13.4. The molecule has 3 aromatic rings. The highest BCUT2D eigenvalue weighted by Gasteiger charge is 2.07. The van der Waals surface area contributed by atoms with Gasteiger partial charge in [-0.15, -0.1) is 0 Å². The molecule has 3 rings (SSSR count). The Hall–Kier alpha value is -3.61. The number of rotatable bonds is 5. The summed E-state index contributed by atoms with van der Waals surface area (Å²) in [6.45, 7) is 4.51. The molecule has 138 valence electrons. The standard InChI is InChI=1S/C20H20N4O3/c1-13-8-14(2)24(23-13)12-15-4-3-5-16(9-15)20(27)22-21-11-17-6-7-18(25)10-19(17)26/h3-11,25-26H,12H2,1-2H3,(H,22,27)/b21-11-. The quantitative estimate of drug-likeness (QED) is 0.479. The summed E-state index contributed by atoms with van der Waals surface area (Å²) in [5.41, 5.74) is 6.25. The molecule has 0 radical (unpaired) electrons. The number of carbonyl (C=O) groups excluding carboxylic acids is 1. The van der Waals surface area contributed by atoms with E-state index in [0.29, 0.717) is 17.7 Å². The van der Waals surface area contributed by atoms with Crippen LogP contribution in [0.5, 0.6) is 11.5 Å². The molecule has 0 saturated carbocycles. The second kappa shape index (κ2) is 7.74. The van der Waals surface area contributed by atoms with Crippen LogP contribution in [0, 0.1) is 13.8 Å². The molecule has 0 bridgehead atoms. The Balaban J connectivity index is 1.68. The van der Waals surface area contributed by atoms with Gasteiger partial charge in [0, 0.05) is 22.9 Å². The maximum Gasteiger partial charge on any atom is 0.271 e. The van der Waals surface area contributed by atoms with Crippen LogP contribution in [-0.2, 0) is 6.54 Å². The fourth-order valence-corrected chi connectivity index (χ4v) is 2.69. The van der Waals surface area contributed by atoms with Gasteiger partial charge < -0.3 is 10.2 Å². The SMILES string of the molecule is Cc1cc(C)n(Cc2cccc(C(=O)N/N=C\c3ccc(O)cc3O)c2)n1. The van der Waals surface area contributed by atoms with Crippen LogP contribution in [0.1, 0.15) is 32.9 Å².